The average Bonchev–Trinajstić information content (AvgIpc) is 3.67. The Hall–Kier alpha value is -2.41. The van der Waals surface area contributed by atoms with E-state index in [1.54, 1.807) is 11.0 Å². The molecule has 2 heterocycles. The lowest BCUT2D eigenvalue weighted by Crippen LogP contribution is -2.60. The highest BCUT2D eigenvalue weighted by atomic mass is 16.5. The van der Waals surface area contributed by atoms with Crippen LogP contribution >= 0.6 is 0 Å². The van der Waals surface area contributed by atoms with Crippen molar-refractivity contribution in [1.82, 2.24) is 15.1 Å². The molecule has 4 aliphatic rings. The fourth-order valence-electron chi connectivity index (χ4n) is 4.67. The van der Waals surface area contributed by atoms with Crippen molar-refractivity contribution in [2.45, 2.75) is 63.3 Å². The van der Waals surface area contributed by atoms with Gasteiger partial charge in [-0.15, -0.1) is 0 Å². The molecule has 1 spiro atoms. The Morgan fingerprint density at radius 3 is 2.47 bits per heavy atom. The third kappa shape index (κ3) is 3.60. The highest BCUT2D eigenvalue weighted by molar-refractivity contribution is 5.98. The van der Waals surface area contributed by atoms with Gasteiger partial charge in [0.1, 0.15) is 11.8 Å². The molecule has 30 heavy (non-hydrogen) atoms. The summed E-state index contributed by atoms with van der Waals surface area (Å²) >= 11 is 0. The molecule has 2 saturated heterocycles. The molecule has 0 bridgehead atoms. The largest absolute Gasteiger partial charge is 0.353 e. The maximum atomic E-state index is 13.6. The molecule has 4 fully saturated rings. The molecule has 0 aromatic heterocycles. The van der Waals surface area contributed by atoms with Gasteiger partial charge in [0.25, 0.3) is 5.91 Å². The van der Waals surface area contributed by atoms with Crippen LogP contribution in [0.2, 0.25) is 0 Å². The van der Waals surface area contributed by atoms with Crippen molar-refractivity contribution < 1.29 is 19.1 Å². The molecule has 1 aromatic carbocycles. The summed E-state index contributed by atoms with van der Waals surface area (Å²) in [7, 11) is 0. The van der Waals surface area contributed by atoms with E-state index in [-0.39, 0.29) is 36.3 Å². The lowest BCUT2D eigenvalue weighted by molar-refractivity contribution is -0.144. The van der Waals surface area contributed by atoms with Gasteiger partial charge in [-0.3, -0.25) is 19.3 Å². The molecule has 7 nitrogen and oxygen atoms in total. The molecular weight excluding hydrogens is 382 g/mol. The molecule has 1 atom stereocenters. The zero-order chi connectivity index (χ0) is 20.9. The number of hydrogen-bond acceptors (Lipinski definition) is 4. The summed E-state index contributed by atoms with van der Waals surface area (Å²) < 4.78 is 6.21. The van der Waals surface area contributed by atoms with Gasteiger partial charge in [-0.05, 0) is 44.7 Å². The third-order valence-electron chi connectivity index (χ3n) is 6.75. The number of likely N-dealkylation sites (tertiary alicyclic amines) is 1. The zero-order valence-electron chi connectivity index (χ0n) is 17.4. The van der Waals surface area contributed by atoms with Gasteiger partial charge in [-0.2, -0.15) is 0 Å². The van der Waals surface area contributed by atoms with Crippen molar-refractivity contribution in [1.29, 1.82) is 0 Å². The highest BCUT2D eigenvalue weighted by Crippen LogP contribution is 2.40. The maximum absolute atomic E-state index is 13.6. The molecule has 2 aliphatic heterocycles. The molecule has 1 N–H and O–H groups in total. The van der Waals surface area contributed by atoms with Crippen molar-refractivity contribution in [2.75, 3.05) is 19.7 Å². The molecule has 2 aliphatic carbocycles. The molecule has 2 saturated carbocycles. The quantitative estimate of drug-likeness (QED) is 0.820. The normalized spacial score (nSPS) is 25.4. The van der Waals surface area contributed by atoms with Crippen molar-refractivity contribution in [2.24, 2.45) is 5.92 Å². The van der Waals surface area contributed by atoms with Gasteiger partial charge in [0.05, 0.1) is 6.61 Å². The molecule has 0 radical (unpaired) electrons. The predicted molar refractivity (Wildman–Crippen MR) is 110 cm³/mol. The Kier molecular flexibility index (Phi) is 4.81. The molecule has 160 valence electrons. The van der Waals surface area contributed by atoms with E-state index in [0.717, 1.165) is 31.2 Å². The summed E-state index contributed by atoms with van der Waals surface area (Å²) in [6.07, 6.45) is 5.03. The predicted octanol–water partition coefficient (Wildman–Crippen LogP) is 1.84. The summed E-state index contributed by atoms with van der Waals surface area (Å²) in [4.78, 5) is 42.6. The number of rotatable bonds is 4. The standard InChI is InChI=1S/C23H29N3O4/c1-15-3-2-4-17(13-15)22(29)26-19(20(27)24-18-7-8-18)14-30-23(26)9-11-25(12-10-23)21(28)16-5-6-16/h2-4,13,16,18-19H,5-12,14H2,1H3,(H,24,27)/t19-/m0/s1. The van der Waals surface area contributed by atoms with E-state index < -0.39 is 11.8 Å². The first-order chi connectivity index (χ1) is 14.5. The fourth-order valence-corrected chi connectivity index (χ4v) is 4.67. The maximum Gasteiger partial charge on any atom is 0.256 e. The van der Waals surface area contributed by atoms with Gasteiger partial charge in [0.15, 0.2) is 0 Å². The Morgan fingerprint density at radius 2 is 1.83 bits per heavy atom. The third-order valence-corrected chi connectivity index (χ3v) is 6.75. The van der Waals surface area contributed by atoms with Crippen molar-refractivity contribution in [3.8, 4) is 0 Å². The topological polar surface area (TPSA) is 79.0 Å². The van der Waals surface area contributed by atoms with E-state index >= 15 is 0 Å². The summed E-state index contributed by atoms with van der Waals surface area (Å²) in [5.74, 6) is 0.106. The van der Waals surface area contributed by atoms with Gasteiger partial charge >= 0.3 is 0 Å². The van der Waals surface area contributed by atoms with Crippen molar-refractivity contribution >= 4 is 17.7 Å². The molecule has 0 unspecified atom stereocenters. The zero-order valence-corrected chi connectivity index (χ0v) is 17.4. The molecule has 7 heteroatoms. The summed E-state index contributed by atoms with van der Waals surface area (Å²) in [6, 6.07) is 7.06. The number of nitrogens with one attached hydrogen (secondary N) is 1. The van der Waals surface area contributed by atoms with Crippen LogP contribution in [0.3, 0.4) is 0 Å². The van der Waals surface area contributed by atoms with Crippen LogP contribution in [0.1, 0.15) is 54.4 Å². The van der Waals surface area contributed by atoms with Crippen LogP contribution in [0.4, 0.5) is 0 Å². The fraction of sp³-hybridized carbons (Fsp3) is 0.609. The number of benzene rings is 1. The minimum atomic E-state index is -0.827. The molecule has 1 aromatic rings. The first-order valence-electron chi connectivity index (χ1n) is 11.1. The van der Waals surface area contributed by atoms with E-state index in [4.69, 9.17) is 4.74 Å². The van der Waals surface area contributed by atoms with Gasteiger partial charge in [-0.1, -0.05) is 17.7 Å². The van der Waals surface area contributed by atoms with Gasteiger partial charge in [0.2, 0.25) is 11.8 Å². The Bertz CT molecular complexity index is 869. The van der Waals surface area contributed by atoms with Crippen LogP contribution in [-0.4, -0.2) is 65.0 Å². The molecule has 5 rings (SSSR count). The number of amides is 3. The van der Waals surface area contributed by atoms with Gasteiger partial charge in [-0.25, -0.2) is 0 Å². The van der Waals surface area contributed by atoms with E-state index in [1.807, 2.05) is 30.0 Å². The second kappa shape index (κ2) is 7.38. The van der Waals surface area contributed by atoms with E-state index in [1.165, 1.54) is 0 Å². The number of ether oxygens (including phenoxy) is 1. The lowest BCUT2D eigenvalue weighted by atomic mass is 9.96. The van der Waals surface area contributed by atoms with Crippen LogP contribution < -0.4 is 5.32 Å². The Balaban J connectivity index is 1.40. The SMILES string of the molecule is Cc1cccc(C(=O)N2[C@H](C(=O)NC3CC3)COC23CCN(C(=O)C2CC2)CC3)c1. The minimum absolute atomic E-state index is 0.133. The van der Waals surface area contributed by atoms with E-state index in [0.29, 0.717) is 31.5 Å². The first kappa shape index (κ1) is 19.5. The van der Waals surface area contributed by atoms with Crippen LogP contribution in [-0.2, 0) is 14.3 Å². The van der Waals surface area contributed by atoms with Crippen LogP contribution in [0.15, 0.2) is 24.3 Å². The number of carbonyl (C=O) groups is 3. The summed E-state index contributed by atoms with van der Waals surface area (Å²) in [5, 5.41) is 3.04. The average molecular weight is 412 g/mol. The van der Waals surface area contributed by atoms with Crippen LogP contribution in [0, 0.1) is 12.8 Å². The lowest BCUT2D eigenvalue weighted by Gasteiger charge is -2.44. The second-order valence-corrected chi connectivity index (χ2v) is 9.20. The number of aryl methyl sites for hydroxylation is 1. The van der Waals surface area contributed by atoms with Crippen LogP contribution in [0.5, 0.6) is 0 Å². The highest BCUT2D eigenvalue weighted by Gasteiger charge is 2.55. The first-order valence-corrected chi connectivity index (χ1v) is 11.1. The number of hydrogen-bond donors (Lipinski definition) is 1. The van der Waals surface area contributed by atoms with Crippen molar-refractivity contribution in [3.05, 3.63) is 35.4 Å². The molecular formula is C23H29N3O4. The second-order valence-electron chi connectivity index (χ2n) is 9.20. The van der Waals surface area contributed by atoms with Crippen LogP contribution in [0.25, 0.3) is 0 Å². The van der Waals surface area contributed by atoms with Gasteiger partial charge in [0, 0.05) is 43.5 Å². The number of piperidine rings is 1. The summed E-state index contributed by atoms with van der Waals surface area (Å²) in [5.41, 5.74) is 0.742. The summed E-state index contributed by atoms with van der Waals surface area (Å²) in [6.45, 7) is 3.27. The Labute approximate surface area is 176 Å². The van der Waals surface area contributed by atoms with Gasteiger partial charge < -0.3 is 15.0 Å². The Morgan fingerprint density at radius 1 is 1.10 bits per heavy atom. The monoisotopic (exact) mass is 411 g/mol. The number of nitrogens with zero attached hydrogens (tertiary/aromatic N) is 2. The minimum Gasteiger partial charge on any atom is -0.353 e. The van der Waals surface area contributed by atoms with E-state index in [2.05, 4.69) is 5.32 Å². The number of carbonyl (C=O) groups excluding carboxylic acids is 3. The van der Waals surface area contributed by atoms with E-state index in [9.17, 15) is 14.4 Å². The smallest absolute Gasteiger partial charge is 0.256 e. The molecule has 3 amide bonds. The van der Waals surface area contributed by atoms with Crippen molar-refractivity contribution in [3.63, 3.8) is 0 Å².